The van der Waals surface area contributed by atoms with Gasteiger partial charge in [0.05, 0.1) is 17.2 Å². The maximum atomic E-state index is 14.5. The van der Waals surface area contributed by atoms with Gasteiger partial charge in [-0.1, -0.05) is 60.2 Å². The minimum Gasteiger partial charge on any atom is -0.494 e. The first kappa shape index (κ1) is 34.2. The van der Waals surface area contributed by atoms with E-state index in [0.717, 1.165) is 45.3 Å². The molecule has 4 rings (SSSR count). The molecule has 242 valence electrons. The van der Waals surface area contributed by atoms with Gasteiger partial charge in [0.2, 0.25) is 11.8 Å². The lowest BCUT2D eigenvalue weighted by Crippen LogP contribution is -2.54. The van der Waals surface area contributed by atoms with Crippen molar-refractivity contribution in [3.05, 3.63) is 126 Å². The summed E-state index contributed by atoms with van der Waals surface area (Å²) in [6.45, 7) is 7.34. The Balaban J connectivity index is 1.80. The fourth-order valence-electron chi connectivity index (χ4n) is 4.96. The molecule has 1 N–H and O–H groups in total. The van der Waals surface area contributed by atoms with E-state index in [4.69, 9.17) is 4.74 Å². The molecule has 1 atom stereocenters. The van der Waals surface area contributed by atoms with Crippen molar-refractivity contribution in [2.45, 2.75) is 57.6 Å². The second kappa shape index (κ2) is 15.5. The first-order chi connectivity index (χ1) is 22.0. The van der Waals surface area contributed by atoms with Gasteiger partial charge in [-0.2, -0.15) is 0 Å². The van der Waals surface area contributed by atoms with Gasteiger partial charge in [0.15, 0.2) is 0 Å². The third kappa shape index (κ3) is 8.94. The lowest BCUT2D eigenvalue weighted by atomic mass is 10.0. The summed E-state index contributed by atoms with van der Waals surface area (Å²) in [4.78, 5) is 29.5. The highest BCUT2D eigenvalue weighted by atomic mass is 32.2. The molecule has 10 heteroatoms. The Bertz CT molecular complexity index is 1700. The van der Waals surface area contributed by atoms with E-state index >= 15 is 0 Å². The van der Waals surface area contributed by atoms with Crippen molar-refractivity contribution < 1.29 is 27.1 Å². The van der Waals surface area contributed by atoms with Gasteiger partial charge in [-0.3, -0.25) is 13.9 Å². The second-order valence-corrected chi connectivity index (χ2v) is 13.1. The molecule has 4 aromatic carbocycles. The zero-order valence-corrected chi connectivity index (χ0v) is 27.3. The molecule has 0 aliphatic carbocycles. The lowest BCUT2D eigenvalue weighted by molar-refractivity contribution is -0.140. The molecule has 0 heterocycles. The number of rotatable bonds is 14. The van der Waals surface area contributed by atoms with Crippen molar-refractivity contribution in [1.29, 1.82) is 0 Å². The van der Waals surface area contributed by atoms with Gasteiger partial charge in [0, 0.05) is 19.0 Å². The summed E-state index contributed by atoms with van der Waals surface area (Å²) in [7, 11) is -4.35. The van der Waals surface area contributed by atoms with Crippen molar-refractivity contribution >= 4 is 27.5 Å². The molecule has 0 saturated heterocycles. The van der Waals surface area contributed by atoms with Gasteiger partial charge in [-0.15, -0.1) is 0 Å². The first-order valence-electron chi connectivity index (χ1n) is 15.2. The van der Waals surface area contributed by atoms with E-state index in [1.54, 1.807) is 24.3 Å². The molecule has 46 heavy (non-hydrogen) atoms. The van der Waals surface area contributed by atoms with Gasteiger partial charge < -0.3 is 15.0 Å². The molecule has 0 saturated carbocycles. The van der Waals surface area contributed by atoms with Crippen LogP contribution < -0.4 is 14.4 Å². The van der Waals surface area contributed by atoms with Crippen LogP contribution in [0.15, 0.2) is 108 Å². The standard InChI is InChI=1S/C36H40FN3O5S/c1-5-45-32-19-17-31(18-20-32)40(46(43,44)33-21-15-30(37)16-22-33)25-35(41)39(24-29-13-11-27(4)12-14-29)34(36(42)38-26(2)3)23-28-9-7-6-8-10-28/h6-22,26,34H,5,23-25H2,1-4H3,(H,38,42)/t34-/m1/s1. The smallest absolute Gasteiger partial charge is 0.264 e. The molecule has 0 bridgehead atoms. The van der Waals surface area contributed by atoms with Crippen LogP contribution in [0.25, 0.3) is 0 Å². The summed E-state index contributed by atoms with van der Waals surface area (Å²) in [6, 6.07) is 26.6. The number of carbonyl (C=O) groups excluding carboxylic acids is 2. The number of nitrogens with one attached hydrogen (secondary N) is 1. The van der Waals surface area contributed by atoms with Gasteiger partial charge in [0.25, 0.3) is 10.0 Å². The maximum Gasteiger partial charge on any atom is 0.264 e. The quantitative estimate of drug-likeness (QED) is 0.185. The molecule has 0 unspecified atom stereocenters. The van der Waals surface area contributed by atoms with Crippen molar-refractivity contribution in [3.8, 4) is 5.75 Å². The van der Waals surface area contributed by atoms with Crippen LogP contribution in [-0.2, 0) is 32.6 Å². The molecule has 0 radical (unpaired) electrons. The highest BCUT2D eigenvalue weighted by Crippen LogP contribution is 2.27. The van der Waals surface area contributed by atoms with Crippen molar-refractivity contribution in [2.24, 2.45) is 0 Å². The van der Waals surface area contributed by atoms with Crippen LogP contribution in [0, 0.1) is 12.7 Å². The number of aryl methyl sites for hydroxylation is 1. The first-order valence-corrected chi connectivity index (χ1v) is 16.6. The van der Waals surface area contributed by atoms with Crippen LogP contribution in [0.2, 0.25) is 0 Å². The largest absolute Gasteiger partial charge is 0.494 e. The number of nitrogens with zero attached hydrogens (tertiary/aromatic N) is 2. The third-order valence-electron chi connectivity index (χ3n) is 7.29. The van der Waals surface area contributed by atoms with Crippen molar-refractivity contribution in [2.75, 3.05) is 17.5 Å². The molecule has 0 fully saturated rings. The number of benzene rings is 4. The summed E-state index contributed by atoms with van der Waals surface area (Å²) in [6.07, 6.45) is 0.213. The summed E-state index contributed by atoms with van der Waals surface area (Å²) in [5, 5.41) is 2.94. The van der Waals surface area contributed by atoms with E-state index in [9.17, 15) is 22.4 Å². The zero-order chi connectivity index (χ0) is 33.3. The molecule has 0 spiro atoms. The van der Waals surface area contributed by atoms with Crippen molar-refractivity contribution in [3.63, 3.8) is 0 Å². The summed E-state index contributed by atoms with van der Waals surface area (Å²) < 4.78 is 48.4. The van der Waals surface area contributed by atoms with E-state index in [1.165, 1.54) is 4.90 Å². The average molecular weight is 646 g/mol. The lowest BCUT2D eigenvalue weighted by Gasteiger charge is -2.34. The predicted octanol–water partition coefficient (Wildman–Crippen LogP) is 5.89. The van der Waals surface area contributed by atoms with E-state index in [2.05, 4.69) is 5.32 Å². The van der Waals surface area contributed by atoms with E-state index < -0.39 is 34.3 Å². The SMILES string of the molecule is CCOc1ccc(N(CC(=O)N(Cc2ccc(C)cc2)[C@H](Cc2ccccc2)C(=O)NC(C)C)S(=O)(=O)c2ccc(F)cc2)cc1. The minimum absolute atomic E-state index is 0.0653. The number of anilines is 1. The zero-order valence-electron chi connectivity index (χ0n) is 26.5. The van der Waals surface area contributed by atoms with Gasteiger partial charge in [0.1, 0.15) is 24.2 Å². The van der Waals surface area contributed by atoms with Crippen molar-refractivity contribution in [1.82, 2.24) is 10.2 Å². The second-order valence-electron chi connectivity index (χ2n) is 11.3. The van der Waals surface area contributed by atoms with Crippen LogP contribution in [-0.4, -0.2) is 50.4 Å². The molecular formula is C36H40FN3O5S. The highest BCUT2D eigenvalue weighted by molar-refractivity contribution is 7.92. The predicted molar refractivity (Wildman–Crippen MR) is 177 cm³/mol. The van der Waals surface area contributed by atoms with Gasteiger partial charge >= 0.3 is 0 Å². The topological polar surface area (TPSA) is 96.0 Å². The Morgan fingerprint density at radius 1 is 0.848 bits per heavy atom. The number of halogens is 1. The Labute approximate surface area is 270 Å². The maximum absolute atomic E-state index is 14.5. The number of amides is 2. The molecule has 0 aliphatic rings. The number of hydrogen-bond acceptors (Lipinski definition) is 5. The Morgan fingerprint density at radius 2 is 1.48 bits per heavy atom. The summed E-state index contributed by atoms with van der Waals surface area (Å²) >= 11 is 0. The van der Waals surface area contributed by atoms with Crippen LogP contribution in [0.5, 0.6) is 5.75 Å². The Morgan fingerprint density at radius 3 is 2.07 bits per heavy atom. The number of hydrogen-bond donors (Lipinski definition) is 1. The molecular weight excluding hydrogens is 605 g/mol. The normalized spacial score (nSPS) is 12.0. The third-order valence-corrected chi connectivity index (χ3v) is 9.08. The van der Waals surface area contributed by atoms with Crippen LogP contribution >= 0.6 is 0 Å². The average Bonchev–Trinajstić information content (AvgIpc) is 3.03. The molecule has 2 amide bonds. The summed E-state index contributed by atoms with van der Waals surface area (Å²) in [5.41, 5.74) is 2.87. The van der Waals surface area contributed by atoms with Crippen LogP contribution in [0.1, 0.15) is 37.5 Å². The summed E-state index contributed by atoms with van der Waals surface area (Å²) in [5.74, 6) is -0.994. The van der Waals surface area contributed by atoms with E-state index in [-0.39, 0.29) is 35.5 Å². The van der Waals surface area contributed by atoms with Gasteiger partial charge in [-0.25, -0.2) is 12.8 Å². The van der Waals surface area contributed by atoms with E-state index in [1.807, 2.05) is 82.3 Å². The fourth-order valence-corrected chi connectivity index (χ4v) is 6.38. The van der Waals surface area contributed by atoms with Crippen LogP contribution in [0.3, 0.4) is 0 Å². The molecule has 0 aliphatic heterocycles. The van der Waals surface area contributed by atoms with Crippen LogP contribution in [0.4, 0.5) is 10.1 Å². The number of carbonyl (C=O) groups is 2. The highest BCUT2D eigenvalue weighted by Gasteiger charge is 2.35. The minimum atomic E-state index is -4.35. The monoisotopic (exact) mass is 645 g/mol. The molecule has 4 aromatic rings. The number of ether oxygens (including phenoxy) is 1. The fraction of sp³-hybridized carbons (Fsp3) is 0.278. The Hall–Kier alpha value is -4.70. The molecule has 0 aromatic heterocycles. The molecule has 8 nitrogen and oxygen atoms in total. The van der Waals surface area contributed by atoms with E-state index in [0.29, 0.717) is 12.4 Å². The van der Waals surface area contributed by atoms with Gasteiger partial charge in [-0.05, 0) is 87.4 Å². The Kier molecular flexibility index (Phi) is 11.5. The number of sulfonamides is 1.